The van der Waals surface area contributed by atoms with Gasteiger partial charge in [0.2, 0.25) is 0 Å². The molecule has 2 aromatic rings. The van der Waals surface area contributed by atoms with Gasteiger partial charge in [-0.05, 0) is 62.6 Å². The van der Waals surface area contributed by atoms with Gasteiger partial charge < -0.3 is 19.3 Å². The lowest BCUT2D eigenvalue weighted by molar-refractivity contribution is -0.214. The minimum absolute atomic E-state index is 0.0265. The predicted octanol–water partition coefficient (Wildman–Crippen LogP) is 3.31. The zero-order valence-electron chi connectivity index (χ0n) is 19.4. The van der Waals surface area contributed by atoms with Gasteiger partial charge in [0.05, 0.1) is 18.6 Å². The van der Waals surface area contributed by atoms with Crippen molar-refractivity contribution in [2.45, 2.75) is 50.0 Å². The van der Waals surface area contributed by atoms with E-state index in [0.717, 1.165) is 15.4 Å². The summed E-state index contributed by atoms with van der Waals surface area (Å²) in [5, 5.41) is 10.3. The molecule has 4 atom stereocenters. The summed E-state index contributed by atoms with van der Waals surface area (Å²) >= 11 is 0. The third kappa shape index (κ3) is 4.55. The van der Waals surface area contributed by atoms with Crippen molar-refractivity contribution >= 4 is 16.0 Å². The maximum atomic E-state index is 13.8. The Hall–Kier alpha value is -2.88. The number of esters is 1. The average Bonchev–Trinajstić information content (AvgIpc) is 2.83. The van der Waals surface area contributed by atoms with Gasteiger partial charge in [-0.2, -0.15) is 0 Å². The molecule has 0 saturated carbocycles. The Morgan fingerprint density at radius 1 is 1.12 bits per heavy atom. The van der Waals surface area contributed by atoms with Crippen molar-refractivity contribution in [3.8, 4) is 5.75 Å². The lowest BCUT2D eigenvalue weighted by Crippen LogP contribution is -2.54. The first kappa shape index (κ1) is 24.3. The van der Waals surface area contributed by atoms with Crippen molar-refractivity contribution in [3.63, 3.8) is 0 Å². The Balaban J connectivity index is 1.87. The minimum Gasteiger partial charge on any atom is -0.497 e. The number of aryl methyl sites for hydroxylation is 1. The second kappa shape index (κ2) is 9.77. The quantitative estimate of drug-likeness (QED) is 0.624. The SMILES string of the molecule is CCOC(=O)C1=C[C@H](c2ccc(OC)cc2)[C@H]2CCC(O)O[C@H]2N1S(=O)(=O)c1ccc(C)cc1. The predicted molar refractivity (Wildman–Crippen MR) is 124 cm³/mol. The number of carbonyl (C=O) groups is 1. The number of hydrogen-bond donors (Lipinski definition) is 1. The maximum absolute atomic E-state index is 13.8. The Morgan fingerprint density at radius 3 is 2.41 bits per heavy atom. The second-order valence-corrected chi connectivity index (χ2v) is 10.2. The van der Waals surface area contributed by atoms with E-state index in [1.165, 1.54) is 12.1 Å². The van der Waals surface area contributed by atoms with Crippen molar-refractivity contribution in [2.75, 3.05) is 13.7 Å². The van der Waals surface area contributed by atoms with E-state index in [1.807, 2.05) is 31.2 Å². The molecule has 8 nitrogen and oxygen atoms in total. The van der Waals surface area contributed by atoms with Gasteiger partial charge >= 0.3 is 5.97 Å². The van der Waals surface area contributed by atoms with E-state index in [4.69, 9.17) is 14.2 Å². The topological polar surface area (TPSA) is 102 Å². The fourth-order valence-electron chi connectivity index (χ4n) is 4.52. The van der Waals surface area contributed by atoms with E-state index in [1.54, 1.807) is 32.2 Å². The monoisotopic (exact) mass is 487 g/mol. The Morgan fingerprint density at radius 2 is 1.79 bits per heavy atom. The molecule has 2 aromatic carbocycles. The van der Waals surface area contributed by atoms with E-state index in [-0.39, 0.29) is 29.0 Å². The molecule has 4 rings (SSSR count). The lowest BCUT2D eigenvalue weighted by atomic mass is 9.78. The molecule has 0 aromatic heterocycles. The van der Waals surface area contributed by atoms with Crippen LogP contribution in [0.4, 0.5) is 0 Å². The van der Waals surface area contributed by atoms with Crippen LogP contribution in [-0.4, -0.2) is 50.0 Å². The summed E-state index contributed by atoms with van der Waals surface area (Å²) in [7, 11) is -2.62. The highest BCUT2D eigenvalue weighted by Gasteiger charge is 2.50. The average molecular weight is 488 g/mol. The zero-order chi connectivity index (χ0) is 24.5. The molecular formula is C25H29NO7S. The van der Waals surface area contributed by atoms with Crippen LogP contribution in [0.2, 0.25) is 0 Å². The Labute approximate surface area is 199 Å². The first-order valence-electron chi connectivity index (χ1n) is 11.2. The number of methoxy groups -OCH3 is 1. The summed E-state index contributed by atoms with van der Waals surface area (Å²) in [6, 6.07) is 13.8. The van der Waals surface area contributed by atoms with Crippen molar-refractivity contribution in [3.05, 3.63) is 71.4 Å². The van der Waals surface area contributed by atoms with Gasteiger partial charge in [-0.15, -0.1) is 0 Å². The van der Waals surface area contributed by atoms with E-state index < -0.39 is 28.5 Å². The Bertz CT molecular complexity index is 1160. The van der Waals surface area contributed by atoms with Gasteiger partial charge in [-0.25, -0.2) is 17.5 Å². The van der Waals surface area contributed by atoms with Gasteiger partial charge in [0, 0.05) is 11.8 Å². The van der Waals surface area contributed by atoms with Crippen LogP contribution in [-0.2, 0) is 24.3 Å². The molecule has 0 radical (unpaired) electrons. The van der Waals surface area contributed by atoms with Crippen molar-refractivity contribution in [2.24, 2.45) is 5.92 Å². The van der Waals surface area contributed by atoms with Gasteiger partial charge in [0.1, 0.15) is 11.4 Å². The number of rotatable bonds is 6. The molecule has 0 spiro atoms. The van der Waals surface area contributed by atoms with E-state index >= 15 is 0 Å². The van der Waals surface area contributed by atoms with Crippen LogP contribution in [0.1, 0.15) is 36.8 Å². The number of hydrogen-bond acceptors (Lipinski definition) is 7. The van der Waals surface area contributed by atoms with Gasteiger partial charge in [0.15, 0.2) is 12.5 Å². The van der Waals surface area contributed by atoms with Crippen LogP contribution >= 0.6 is 0 Å². The van der Waals surface area contributed by atoms with Gasteiger partial charge in [-0.3, -0.25) is 0 Å². The van der Waals surface area contributed by atoms with Crippen LogP contribution in [0.15, 0.2) is 65.2 Å². The largest absolute Gasteiger partial charge is 0.497 e. The standard InChI is InChI=1S/C25H29NO7S/c1-4-32-25(28)22-15-21(17-7-9-18(31-3)10-8-17)20-13-14-23(27)33-24(20)26(22)34(29,30)19-11-5-16(2)6-12-19/h5-12,15,20-21,23-24,27H,4,13-14H2,1-3H3/t20-,21-,23?,24-/m1/s1. The Kier molecular flexibility index (Phi) is 6.97. The summed E-state index contributed by atoms with van der Waals surface area (Å²) in [5.41, 5.74) is 1.66. The highest BCUT2D eigenvalue weighted by atomic mass is 32.2. The van der Waals surface area contributed by atoms with Crippen molar-refractivity contribution < 1.29 is 32.5 Å². The highest BCUT2D eigenvalue weighted by molar-refractivity contribution is 7.89. The lowest BCUT2D eigenvalue weighted by Gasteiger charge is -2.47. The molecule has 2 aliphatic rings. The van der Waals surface area contributed by atoms with Crippen LogP contribution < -0.4 is 4.74 Å². The molecule has 1 fully saturated rings. The van der Waals surface area contributed by atoms with E-state index in [9.17, 15) is 18.3 Å². The number of aliphatic hydroxyl groups excluding tert-OH is 1. The molecule has 1 saturated heterocycles. The van der Waals surface area contributed by atoms with Crippen LogP contribution in [0.3, 0.4) is 0 Å². The number of fused-ring (bicyclic) bond motifs is 1. The number of sulfonamides is 1. The number of ether oxygens (including phenoxy) is 3. The number of aliphatic hydroxyl groups is 1. The molecule has 1 N–H and O–H groups in total. The number of carbonyl (C=O) groups excluding carboxylic acids is 1. The van der Waals surface area contributed by atoms with Crippen LogP contribution in [0.5, 0.6) is 5.75 Å². The minimum atomic E-state index is -4.19. The molecule has 1 unspecified atom stereocenters. The van der Waals surface area contributed by atoms with Crippen LogP contribution in [0, 0.1) is 12.8 Å². The third-order valence-electron chi connectivity index (χ3n) is 6.24. The summed E-state index contributed by atoms with van der Waals surface area (Å²) in [5.74, 6) is -0.731. The molecule has 0 aliphatic carbocycles. The smallest absolute Gasteiger partial charge is 0.355 e. The molecule has 0 bridgehead atoms. The zero-order valence-corrected chi connectivity index (χ0v) is 20.2. The molecule has 34 heavy (non-hydrogen) atoms. The molecule has 182 valence electrons. The summed E-state index contributed by atoms with van der Waals surface area (Å²) in [6.45, 7) is 3.60. The van der Waals surface area contributed by atoms with Crippen molar-refractivity contribution in [1.29, 1.82) is 0 Å². The third-order valence-corrected chi connectivity index (χ3v) is 8.03. The molecule has 9 heteroatoms. The van der Waals surface area contributed by atoms with Gasteiger partial charge in [-0.1, -0.05) is 29.8 Å². The van der Waals surface area contributed by atoms with Gasteiger partial charge in [0.25, 0.3) is 10.0 Å². The molecule has 2 heterocycles. The van der Waals surface area contributed by atoms with E-state index in [2.05, 4.69) is 0 Å². The van der Waals surface area contributed by atoms with E-state index in [0.29, 0.717) is 18.6 Å². The van der Waals surface area contributed by atoms with Crippen LogP contribution in [0.25, 0.3) is 0 Å². The number of allylic oxidation sites excluding steroid dienone is 1. The maximum Gasteiger partial charge on any atom is 0.355 e. The first-order chi connectivity index (χ1) is 16.3. The fourth-order valence-corrected chi connectivity index (χ4v) is 6.10. The van der Waals surface area contributed by atoms with Crippen molar-refractivity contribution in [1.82, 2.24) is 4.31 Å². The highest BCUT2D eigenvalue weighted by Crippen LogP contribution is 2.46. The molecular weight excluding hydrogens is 458 g/mol. The first-order valence-corrected chi connectivity index (χ1v) is 12.7. The summed E-state index contributed by atoms with van der Waals surface area (Å²) < 4.78 is 44.9. The summed E-state index contributed by atoms with van der Waals surface area (Å²) in [6.07, 6.45) is 0.291. The normalized spacial score (nSPS) is 24.7. The molecule has 2 aliphatic heterocycles. The second-order valence-electron chi connectivity index (χ2n) is 8.41. The number of benzene rings is 2. The summed E-state index contributed by atoms with van der Waals surface area (Å²) in [4.78, 5) is 13.1. The molecule has 0 amide bonds. The fraction of sp³-hybridized carbons (Fsp3) is 0.400. The number of nitrogens with zero attached hydrogens (tertiary/aromatic N) is 1.